The van der Waals surface area contributed by atoms with Crippen molar-refractivity contribution < 1.29 is 4.74 Å². The van der Waals surface area contributed by atoms with E-state index in [0.29, 0.717) is 18.1 Å². The van der Waals surface area contributed by atoms with Crippen molar-refractivity contribution in [2.75, 3.05) is 6.61 Å². The molecule has 1 aliphatic rings. The van der Waals surface area contributed by atoms with Crippen LogP contribution in [-0.2, 0) is 6.42 Å². The van der Waals surface area contributed by atoms with E-state index in [1.165, 1.54) is 17.3 Å². The van der Waals surface area contributed by atoms with Gasteiger partial charge in [0.1, 0.15) is 12.1 Å². The fraction of sp³-hybridized carbons (Fsp3) is 0.333. The molecule has 150 valence electrons. The van der Waals surface area contributed by atoms with E-state index in [-0.39, 0.29) is 6.04 Å². The lowest BCUT2D eigenvalue weighted by atomic mass is 10.0. The molecule has 0 unspecified atom stereocenters. The van der Waals surface area contributed by atoms with Gasteiger partial charge in [-0.05, 0) is 30.5 Å². The minimum Gasteiger partial charge on any atom is -0.492 e. The Kier molecular flexibility index (Phi) is 5.19. The van der Waals surface area contributed by atoms with Crippen LogP contribution in [0.4, 0.5) is 0 Å². The molecule has 1 aliphatic heterocycles. The van der Waals surface area contributed by atoms with Gasteiger partial charge in [-0.2, -0.15) is 0 Å². The van der Waals surface area contributed by atoms with Crippen LogP contribution in [0.3, 0.4) is 0 Å². The largest absolute Gasteiger partial charge is 0.492 e. The van der Waals surface area contributed by atoms with Crippen LogP contribution < -0.4 is 10.5 Å². The number of allylic oxidation sites excluding steroid dienone is 1. The summed E-state index contributed by atoms with van der Waals surface area (Å²) >= 11 is 1.65. The number of aromatic nitrogens is 4. The lowest BCUT2D eigenvalue weighted by molar-refractivity contribution is 0.327. The third-order valence-corrected chi connectivity index (χ3v) is 6.47. The monoisotopic (exact) mass is 408 g/mol. The number of nitrogens with zero attached hydrogens (tertiary/aromatic N) is 4. The van der Waals surface area contributed by atoms with Gasteiger partial charge >= 0.3 is 0 Å². The Morgan fingerprint density at radius 2 is 2.17 bits per heavy atom. The lowest BCUT2D eigenvalue weighted by Gasteiger charge is -2.18. The van der Waals surface area contributed by atoms with Gasteiger partial charge in [0.25, 0.3) is 0 Å². The molecule has 0 radical (unpaired) electrons. The molecule has 0 spiro atoms. The summed E-state index contributed by atoms with van der Waals surface area (Å²) < 4.78 is 8.09. The first-order valence-corrected chi connectivity index (χ1v) is 10.4. The van der Waals surface area contributed by atoms with E-state index in [1.54, 1.807) is 17.7 Å². The predicted octanol–water partition coefficient (Wildman–Crippen LogP) is 4.17. The number of ether oxygens (including phenoxy) is 1. The number of hydrogen-bond donors (Lipinski definition) is 2. The summed E-state index contributed by atoms with van der Waals surface area (Å²) in [5.41, 5.74) is 9.02. The summed E-state index contributed by atoms with van der Waals surface area (Å²) in [4.78, 5) is 6.12. The van der Waals surface area contributed by atoms with E-state index < -0.39 is 0 Å². The zero-order valence-corrected chi connectivity index (χ0v) is 17.5. The summed E-state index contributed by atoms with van der Waals surface area (Å²) in [6.45, 7) is 7.13. The molecule has 3 aromatic rings. The highest BCUT2D eigenvalue weighted by molar-refractivity contribution is 7.15. The standard InChI is InChI=1S/C21H24N6OS/c1-12(2)13(3)27-11-24-26-20(27)21-25-19-16-5-4-14(15(9-22)10-23)8-17(16)28-7-6-18(19)29-21/h4-5,8-13,22H,6-7,23H2,1-3H3/b15-10+,22-9?/t13-/m1/s1. The maximum atomic E-state index is 7.53. The van der Waals surface area contributed by atoms with Crippen LogP contribution in [0.5, 0.6) is 5.75 Å². The van der Waals surface area contributed by atoms with Crippen LogP contribution in [-0.4, -0.2) is 32.6 Å². The van der Waals surface area contributed by atoms with Crippen molar-refractivity contribution >= 4 is 23.1 Å². The number of nitrogens with one attached hydrogen (secondary N) is 1. The quantitative estimate of drug-likeness (QED) is 0.617. The van der Waals surface area contributed by atoms with Crippen molar-refractivity contribution in [2.45, 2.75) is 33.2 Å². The van der Waals surface area contributed by atoms with Gasteiger partial charge in [0.15, 0.2) is 10.8 Å². The number of thiazole rings is 1. The first kappa shape index (κ1) is 19.3. The third kappa shape index (κ3) is 3.44. The SMILES string of the molecule is CC(C)[C@@H](C)n1cnnc1-c1nc2c(s1)CCOc1cc(/C(C=N)=C/N)ccc1-2. The fourth-order valence-corrected chi connectivity index (χ4v) is 4.39. The first-order chi connectivity index (χ1) is 14.0. The minimum absolute atomic E-state index is 0.282. The van der Waals surface area contributed by atoms with Gasteiger partial charge < -0.3 is 20.4 Å². The Morgan fingerprint density at radius 1 is 1.34 bits per heavy atom. The summed E-state index contributed by atoms with van der Waals surface area (Å²) in [7, 11) is 0. The third-order valence-electron chi connectivity index (χ3n) is 5.36. The zero-order valence-electron chi connectivity index (χ0n) is 16.7. The van der Waals surface area contributed by atoms with E-state index in [1.807, 2.05) is 18.2 Å². The number of hydrogen-bond acceptors (Lipinski definition) is 7. The highest BCUT2D eigenvalue weighted by Crippen LogP contribution is 2.41. The Morgan fingerprint density at radius 3 is 2.90 bits per heavy atom. The van der Waals surface area contributed by atoms with E-state index in [9.17, 15) is 0 Å². The average molecular weight is 409 g/mol. The molecular formula is C21H24N6OS. The molecule has 3 heterocycles. The molecule has 3 N–H and O–H groups in total. The van der Waals surface area contributed by atoms with Gasteiger partial charge in [0.2, 0.25) is 0 Å². The summed E-state index contributed by atoms with van der Waals surface area (Å²) in [5, 5.41) is 16.9. The molecule has 2 aromatic heterocycles. The topological polar surface area (TPSA) is 103 Å². The van der Waals surface area contributed by atoms with Gasteiger partial charge in [-0.15, -0.1) is 21.5 Å². The van der Waals surface area contributed by atoms with Crippen LogP contribution in [0, 0.1) is 11.3 Å². The smallest absolute Gasteiger partial charge is 0.193 e. The van der Waals surface area contributed by atoms with Gasteiger partial charge in [-0.25, -0.2) is 4.98 Å². The molecule has 1 atom stereocenters. The van der Waals surface area contributed by atoms with Crippen LogP contribution in [0.1, 0.15) is 37.3 Å². The molecule has 0 aliphatic carbocycles. The van der Waals surface area contributed by atoms with Gasteiger partial charge in [-0.3, -0.25) is 0 Å². The van der Waals surface area contributed by atoms with Crippen molar-refractivity contribution in [3.8, 4) is 27.8 Å². The summed E-state index contributed by atoms with van der Waals surface area (Å²) in [5.74, 6) is 2.03. The second kappa shape index (κ2) is 7.79. The Labute approximate surface area is 173 Å². The molecular weight excluding hydrogens is 384 g/mol. The van der Waals surface area contributed by atoms with Crippen LogP contribution in [0.15, 0.2) is 30.7 Å². The number of fused-ring (bicyclic) bond motifs is 3. The van der Waals surface area contributed by atoms with Crippen LogP contribution in [0.25, 0.3) is 27.7 Å². The Bertz CT molecular complexity index is 1080. The van der Waals surface area contributed by atoms with E-state index in [4.69, 9.17) is 20.9 Å². The molecule has 0 saturated carbocycles. The fourth-order valence-electron chi connectivity index (χ4n) is 3.34. The van der Waals surface area contributed by atoms with Gasteiger partial charge in [-0.1, -0.05) is 19.9 Å². The summed E-state index contributed by atoms with van der Waals surface area (Å²) in [6, 6.07) is 6.15. The second-order valence-corrected chi connectivity index (χ2v) is 8.50. The Hall–Kier alpha value is -3.00. The molecule has 29 heavy (non-hydrogen) atoms. The average Bonchev–Trinajstić information content (AvgIpc) is 3.32. The molecule has 7 nitrogen and oxygen atoms in total. The second-order valence-electron chi connectivity index (χ2n) is 7.41. The molecule has 1 aromatic carbocycles. The molecule has 0 saturated heterocycles. The molecule has 8 heteroatoms. The minimum atomic E-state index is 0.282. The number of rotatable bonds is 5. The van der Waals surface area contributed by atoms with Gasteiger partial charge in [0.05, 0.1) is 12.3 Å². The maximum absolute atomic E-state index is 7.53. The zero-order chi connectivity index (χ0) is 20.5. The van der Waals surface area contributed by atoms with Crippen LogP contribution in [0.2, 0.25) is 0 Å². The van der Waals surface area contributed by atoms with Crippen LogP contribution >= 0.6 is 11.3 Å². The van der Waals surface area contributed by atoms with Crippen molar-refractivity contribution in [2.24, 2.45) is 11.7 Å². The van der Waals surface area contributed by atoms with Crippen molar-refractivity contribution in [1.29, 1.82) is 5.41 Å². The number of nitrogens with two attached hydrogens (primary N) is 1. The Balaban J connectivity index is 1.78. The van der Waals surface area contributed by atoms with Gasteiger partial charge in [0, 0.05) is 40.9 Å². The number of benzene rings is 1. The predicted molar refractivity (Wildman–Crippen MR) is 116 cm³/mol. The lowest BCUT2D eigenvalue weighted by Crippen LogP contribution is -2.11. The summed E-state index contributed by atoms with van der Waals surface area (Å²) in [6.07, 6.45) is 5.25. The van der Waals surface area contributed by atoms with E-state index in [0.717, 1.165) is 39.8 Å². The highest BCUT2D eigenvalue weighted by atomic mass is 32.1. The molecule has 0 amide bonds. The maximum Gasteiger partial charge on any atom is 0.193 e. The normalized spacial score (nSPS) is 14.7. The molecule has 4 rings (SSSR count). The van der Waals surface area contributed by atoms with Crippen molar-refractivity contribution in [3.05, 3.63) is 41.2 Å². The molecule has 0 bridgehead atoms. The first-order valence-electron chi connectivity index (χ1n) is 9.63. The van der Waals surface area contributed by atoms with E-state index in [2.05, 4.69) is 35.5 Å². The van der Waals surface area contributed by atoms with E-state index >= 15 is 0 Å². The van der Waals surface area contributed by atoms with Crippen molar-refractivity contribution in [3.63, 3.8) is 0 Å². The van der Waals surface area contributed by atoms with Crippen molar-refractivity contribution in [1.82, 2.24) is 19.7 Å². The molecule has 0 fully saturated rings. The highest BCUT2D eigenvalue weighted by Gasteiger charge is 2.24.